The molecule has 2 heterocycles. The molecular formula is C21H16ClNO4. The van der Waals surface area contributed by atoms with Crippen LogP contribution in [-0.4, -0.2) is 5.16 Å². The lowest BCUT2D eigenvalue weighted by Gasteiger charge is -2.11. The Labute approximate surface area is 160 Å². The van der Waals surface area contributed by atoms with Crippen molar-refractivity contribution in [2.75, 3.05) is 0 Å². The smallest absolute Gasteiger partial charge is 0.336 e. The number of halogens is 1. The number of ether oxygens (including phenoxy) is 1. The standard InChI is InChI=1S/C21H16ClNO4/c1-12-17(13(2)27-23-12)11-25-20-10-19-16(8-18(20)22)15(9-21(24)26-19)14-6-4-3-5-7-14/h3-10H,11H2,1-2H3. The van der Waals surface area contributed by atoms with Crippen molar-refractivity contribution in [2.45, 2.75) is 20.5 Å². The largest absolute Gasteiger partial charge is 0.487 e. The van der Waals surface area contributed by atoms with Crippen LogP contribution in [0.5, 0.6) is 5.75 Å². The van der Waals surface area contributed by atoms with Gasteiger partial charge >= 0.3 is 5.63 Å². The van der Waals surface area contributed by atoms with Gasteiger partial charge in [-0.15, -0.1) is 0 Å². The summed E-state index contributed by atoms with van der Waals surface area (Å²) in [6, 6.07) is 14.5. The highest BCUT2D eigenvalue weighted by Crippen LogP contribution is 2.35. The van der Waals surface area contributed by atoms with Gasteiger partial charge in [-0.2, -0.15) is 0 Å². The fourth-order valence-electron chi connectivity index (χ4n) is 2.99. The van der Waals surface area contributed by atoms with Crippen molar-refractivity contribution in [1.82, 2.24) is 5.16 Å². The predicted molar refractivity (Wildman–Crippen MR) is 103 cm³/mol. The molecule has 0 amide bonds. The van der Waals surface area contributed by atoms with Crippen molar-refractivity contribution < 1.29 is 13.7 Å². The fraction of sp³-hybridized carbons (Fsp3) is 0.143. The van der Waals surface area contributed by atoms with Gasteiger partial charge in [-0.25, -0.2) is 4.79 Å². The molecule has 0 aliphatic heterocycles. The number of aromatic nitrogens is 1. The molecular weight excluding hydrogens is 366 g/mol. The van der Waals surface area contributed by atoms with Gasteiger partial charge in [0.05, 0.1) is 16.3 Å². The highest BCUT2D eigenvalue weighted by Gasteiger charge is 2.14. The topological polar surface area (TPSA) is 65.5 Å². The van der Waals surface area contributed by atoms with E-state index in [2.05, 4.69) is 5.16 Å². The zero-order valence-corrected chi connectivity index (χ0v) is 15.5. The third-order valence-electron chi connectivity index (χ3n) is 4.44. The average molecular weight is 382 g/mol. The minimum atomic E-state index is -0.430. The summed E-state index contributed by atoms with van der Waals surface area (Å²) >= 11 is 6.44. The van der Waals surface area contributed by atoms with Gasteiger partial charge in [-0.05, 0) is 31.0 Å². The van der Waals surface area contributed by atoms with E-state index < -0.39 is 5.63 Å². The quantitative estimate of drug-likeness (QED) is 0.449. The number of fused-ring (bicyclic) bond motifs is 1. The van der Waals surface area contributed by atoms with E-state index in [0.29, 0.717) is 22.1 Å². The number of rotatable bonds is 4. The van der Waals surface area contributed by atoms with E-state index in [4.69, 9.17) is 25.3 Å². The van der Waals surface area contributed by atoms with Crippen LogP contribution in [0.15, 0.2) is 62.3 Å². The summed E-state index contributed by atoms with van der Waals surface area (Å²) in [5.41, 5.74) is 3.30. The molecule has 0 radical (unpaired) electrons. The first-order valence-electron chi connectivity index (χ1n) is 8.40. The van der Waals surface area contributed by atoms with Crippen LogP contribution < -0.4 is 10.4 Å². The van der Waals surface area contributed by atoms with Crippen LogP contribution in [0.3, 0.4) is 0 Å². The molecule has 5 nitrogen and oxygen atoms in total. The van der Waals surface area contributed by atoms with Crippen molar-refractivity contribution in [1.29, 1.82) is 0 Å². The van der Waals surface area contributed by atoms with Crippen LogP contribution in [0.4, 0.5) is 0 Å². The molecule has 0 N–H and O–H groups in total. The monoisotopic (exact) mass is 381 g/mol. The second-order valence-corrected chi connectivity index (χ2v) is 6.62. The zero-order chi connectivity index (χ0) is 19.0. The highest BCUT2D eigenvalue weighted by molar-refractivity contribution is 6.33. The van der Waals surface area contributed by atoms with E-state index in [-0.39, 0.29) is 6.61 Å². The lowest BCUT2D eigenvalue weighted by atomic mass is 10.0. The van der Waals surface area contributed by atoms with Crippen molar-refractivity contribution in [2.24, 2.45) is 0 Å². The zero-order valence-electron chi connectivity index (χ0n) is 14.8. The van der Waals surface area contributed by atoms with E-state index >= 15 is 0 Å². The molecule has 0 spiro atoms. The lowest BCUT2D eigenvalue weighted by molar-refractivity contribution is 0.302. The van der Waals surface area contributed by atoms with Crippen LogP contribution >= 0.6 is 11.6 Å². The molecule has 0 saturated carbocycles. The number of nitrogens with zero attached hydrogens (tertiary/aromatic N) is 1. The molecule has 0 unspecified atom stereocenters. The molecule has 0 fully saturated rings. The number of aryl methyl sites for hydroxylation is 2. The van der Waals surface area contributed by atoms with E-state index in [0.717, 1.165) is 27.8 Å². The van der Waals surface area contributed by atoms with Crippen molar-refractivity contribution >= 4 is 22.6 Å². The molecule has 4 aromatic rings. The third-order valence-corrected chi connectivity index (χ3v) is 4.73. The maximum Gasteiger partial charge on any atom is 0.336 e. The Morgan fingerprint density at radius 1 is 1.11 bits per heavy atom. The minimum Gasteiger partial charge on any atom is -0.487 e. The van der Waals surface area contributed by atoms with Gasteiger partial charge in [0.15, 0.2) is 0 Å². The molecule has 2 aromatic carbocycles. The molecule has 0 aliphatic rings. The third kappa shape index (κ3) is 3.34. The Balaban J connectivity index is 1.77. The van der Waals surface area contributed by atoms with Crippen molar-refractivity contribution in [3.8, 4) is 16.9 Å². The van der Waals surface area contributed by atoms with Gasteiger partial charge in [0.1, 0.15) is 23.7 Å². The second-order valence-electron chi connectivity index (χ2n) is 6.22. The van der Waals surface area contributed by atoms with Gasteiger partial charge in [-0.1, -0.05) is 47.1 Å². The fourth-order valence-corrected chi connectivity index (χ4v) is 3.21. The van der Waals surface area contributed by atoms with Gasteiger partial charge in [0.25, 0.3) is 0 Å². The number of hydrogen-bond acceptors (Lipinski definition) is 5. The molecule has 0 atom stereocenters. The Hall–Kier alpha value is -3.05. The molecule has 0 aliphatic carbocycles. The van der Waals surface area contributed by atoms with Crippen LogP contribution in [0, 0.1) is 13.8 Å². The lowest BCUT2D eigenvalue weighted by Crippen LogP contribution is -2.01. The van der Waals surface area contributed by atoms with E-state index in [9.17, 15) is 4.79 Å². The molecule has 2 aromatic heterocycles. The van der Waals surface area contributed by atoms with Gasteiger partial charge in [0.2, 0.25) is 0 Å². The van der Waals surface area contributed by atoms with Gasteiger partial charge < -0.3 is 13.7 Å². The Morgan fingerprint density at radius 3 is 2.59 bits per heavy atom. The molecule has 0 bridgehead atoms. The van der Waals surface area contributed by atoms with Crippen LogP contribution in [0.2, 0.25) is 5.02 Å². The summed E-state index contributed by atoms with van der Waals surface area (Å²) in [5.74, 6) is 1.12. The SMILES string of the molecule is Cc1noc(C)c1COc1cc2oc(=O)cc(-c3ccccc3)c2cc1Cl. The van der Waals surface area contributed by atoms with E-state index in [1.807, 2.05) is 44.2 Å². The minimum absolute atomic E-state index is 0.259. The average Bonchev–Trinajstić information content (AvgIpc) is 2.98. The summed E-state index contributed by atoms with van der Waals surface area (Å²) in [4.78, 5) is 12.0. The first-order valence-corrected chi connectivity index (χ1v) is 8.78. The van der Waals surface area contributed by atoms with Crippen LogP contribution in [0.1, 0.15) is 17.0 Å². The molecule has 4 rings (SSSR count). The number of hydrogen-bond donors (Lipinski definition) is 0. The number of benzene rings is 2. The Kier molecular flexibility index (Phi) is 4.46. The summed E-state index contributed by atoms with van der Waals surface area (Å²) in [6.07, 6.45) is 0. The van der Waals surface area contributed by atoms with Crippen molar-refractivity contribution in [3.63, 3.8) is 0 Å². The normalized spacial score (nSPS) is 11.1. The van der Waals surface area contributed by atoms with E-state index in [1.165, 1.54) is 6.07 Å². The first kappa shape index (κ1) is 17.4. The summed E-state index contributed by atoms with van der Waals surface area (Å²) in [5, 5.41) is 5.09. The summed E-state index contributed by atoms with van der Waals surface area (Å²) in [6.45, 7) is 3.93. The summed E-state index contributed by atoms with van der Waals surface area (Å²) < 4.78 is 16.4. The van der Waals surface area contributed by atoms with E-state index in [1.54, 1.807) is 12.1 Å². The Bertz CT molecular complexity index is 1160. The second kappa shape index (κ2) is 6.93. The van der Waals surface area contributed by atoms with Crippen LogP contribution in [0.25, 0.3) is 22.1 Å². The molecule has 6 heteroatoms. The maximum atomic E-state index is 12.0. The Morgan fingerprint density at radius 2 is 1.89 bits per heavy atom. The van der Waals surface area contributed by atoms with Gasteiger partial charge in [0, 0.05) is 17.5 Å². The molecule has 136 valence electrons. The molecule has 0 saturated heterocycles. The van der Waals surface area contributed by atoms with Crippen LogP contribution in [-0.2, 0) is 6.61 Å². The predicted octanol–water partition coefficient (Wildman–Crippen LogP) is 5.30. The summed E-state index contributed by atoms with van der Waals surface area (Å²) in [7, 11) is 0. The van der Waals surface area contributed by atoms with Gasteiger partial charge in [-0.3, -0.25) is 0 Å². The maximum absolute atomic E-state index is 12.0. The first-order chi connectivity index (χ1) is 13.0. The highest BCUT2D eigenvalue weighted by atomic mass is 35.5. The molecule has 27 heavy (non-hydrogen) atoms. The van der Waals surface area contributed by atoms with Crippen molar-refractivity contribution in [3.05, 3.63) is 81.0 Å².